The Kier molecular flexibility index (Phi) is 4.51. The van der Waals surface area contributed by atoms with Crippen LogP contribution < -0.4 is 5.73 Å². The molecule has 1 atom stereocenters. The third-order valence-electron chi connectivity index (χ3n) is 7.03. The van der Waals surface area contributed by atoms with Gasteiger partial charge in [-0.05, 0) is 47.9 Å². The van der Waals surface area contributed by atoms with Gasteiger partial charge in [0.2, 0.25) is 0 Å². The van der Waals surface area contributed by atoms with Crippen LogP contribution in [0.15, 0.2) is 120 Å². The molecule has 168 valence electrons. The van der Waals surface area contributed by atoms with Crippen molar-refractivity contribution in [2.45, 2.75) is 12.5 Å². The third-order valence-corrected chi connectivity index (χ3v) is 7.03. The van der Waals surface area contributed by atoms with Crippen molar-refractivity contribution in [3.63, 3.8) is 0 Å². The molecule has 0 radical (unpaired) electrons. The molecule has 35 heavy (non-hydrogen) atoms. The molecule has 7 aromatic rings. The van der Waals surface area contributed by atoms with Crippen molar-refractivity contribution >= 4 is 43.7 Å². The molecule has 0 aliphatic rings. The minimum absolute atomic E-state index is 0.0864. The van der Waals surface area contributed by atoms with Gasteiger partial charge in [0.1, 0.15) is 5.58 Å². The lowest BCUT2D eigenvalue weighted by molar-refractivity contribution is 0.671. The van der Waals surface area contributed by atoms with Crippen molar-refractivity contribution in [1.82, 2.24) is 4.57 Å². The predicted octanol–water partition coefficient (Wildman–Crippen LogP) is 7.93. The number of furan rings is 1. The number of fused-ring (bicyclic) bond motifs is 7. The molecular weight excluding hydrogens is 428 g/mol. The Morgan fingerprint density at radius 3 is 2.29 bits per heavy atom. The van der Waals surface area contributed by atoms with Crippen molar-refractivity contribution in [2.24, 2.45) is 5.73 Å². The van der Waals surface area contributed by atoms with E-state index in [1.807, 2.05) is 18.2 Å². The highest BCUT2D eigenvalue weighted by Gasteiger charge is 2.19. The maximum Gasteiger partial charge on any atom is 0.160 e. The SMILES string of the molecule is N[C@@H](Cc1ccccc1)c1cccc(-n2c3ccccc3c3ccc4c5ccccc5oc4c32)c1. The minimum atomic E-state index is -0.0864. The van der Waals surface area contributed by atoms with Crippen LogP contribution in [0.3, 0.4) is 0 Å². The van der Waals surface area contributed by atoms with Crippen LogP contribution in [-0.4, -0.2) is 4.57 Å². The lowest BCUT2D eigenvalue weighted by atomic mass is 9.99. The second-order valence-electron chi connectivity index (χ2n) is 9.18. The van der Waals surface area contributed by atoms with Crippen LogP contribution in [0.2, 0.25) is 0 Å². The third kappa shape index (κ3) is 3.17. The molecule has 2 N–H and O–H groups in total. The van der Waals surface area contributed by atoms with E-state index < -0.39 is 0 Å². The number of hydrogen-bond acceptors (Lipinski definition) is 2. The number of para-hydroxylation sites is 2. The van der Waals surface area contributed by atoms with Gasteiger partial charge in [-0.2, -0.15) is 0 Å². The van der Waals surface area contributed by atoms with Gasteiger partial charge in [0.25, 0.3) is 0 Å². The number of hydrogen-bond donors (Lipinski definition) is 1. The summed E-state index contributed by atoms with van der Waals surface area (Å²) in [7, 11) is 0. The van der Waals surface area contributed by atoms with Crippen molar-refractivity contribution in [2.75, 3.05) is 0 Å². The molecule has 3 nitrogen and oxygen atoms in total. The van der Waals surface area contributed by atoms with Crippen LogP contribution in [0.4, 0.5) is 0 Å². The number of nitrogens with two attached hydrogens (primary N) is 1. The van der Waals surface area contributed by atoms with Crippen molar-refractivity contribution < 1.29 is 4.42 Å². The molecule has 0 spiro atoms. The molecular formula is C32H24N2O. The van der Waals surface area contributed by atoms with Gasteiger partial charge in [-0.25, -0.2) is 0 Å². The Balaban J connectivity index is 1.48. The Labute approximate surface area is 203 Å². The quantitative estimate of drug-likeness (QED) is 0.295. The van der Waals surface area contributed by atoms with Crippen LogP contribution in [0.5, 0.6) is 0 Å². The van der Waals surface area contributed by atoms with Gasteiger partial charge < -0.3 is 14.7 Å². The Hall–Kier alpha value is -4.34. The average Bonchev–Trinajstić information content (AvgIpc) is 3.45. The lowest BCUT2D eigenvalue weighted by Gasteiger charge is -2.15. The van der Waals surface area contributed by atoms with Crippen LogP contribution >= 0.6 is 0 Å². The molecule has 0 amide bonds. The molecule has 5 aromatic carbocycles. The molecule has 0 saturated carbocycles. The van der Waals surface area contributed by atoms with E-state index in [0.29, 0.717) is 0 Å². The number of rotatable bonds is 4. The molecule has 7 rings (SSSR count). The fourth-order valence-corrected chi connectivity index (χ4v) is 5.38. The largest absolute Gasteiger partial charge is 0.454 e. The topological polar surface area (TPSA) is 44.1 Å². The molecule has 0 unspecified atom stereocenters. The molecule has 2 aromatic heterocycles. The second kappa shape index (κ2) is 7.86. The van der Waals surface area contributed by atoms with E-state index in [9.17, 15) is 0 Å². The van der Waals surface area contributed by atoms with Gasteiger partial charge in [-0.15, -0.1) is 0 Å². The summed E-state index contributed by atoms with van der Waals surface area (Å²) < 4.78 is 8.80. The first kappa shape index (κ1) is 20.1. The van der Waals surface area contributed by atoms with Gasteiger partial charge >= 0.3 is 0 Å². The van der Waals surface area contributed by atoms with E-state index >= 15 is 0 Å². The number of benzene rings is 5. The lowest BCUT2D eigenvalue weighted by Crippen LogP contribution is -2.13. The van der Waals surface area contributed by atoms with Gasteiger partial charge in [0.15, 0.2) is 5.58 Å². The van der Waals surface area contributed by atoms with E-state index in [1.54, 1.807) is 0 Å². The molecule has 0 aliphatic carbocycles. The van der Waals surface area contributed by atoms with Crippen LogP contribution in [-0.2, 0) is 6.42 Å². The molecule has 3 heteroatoms. The maximum atomic E-state index is 6.69. The summed E-state index contributed by atoms with van der Waals surface area (Å²) in [5.74, 6) is 0. The molecule has 0 bridgehead atoms. The van der Waals surface area contributed by atoms with E-state index in [0.717, 1.165) is 50.6 Å². The van der Waals surface area contributed by atoms with Gasteiger partial charge in [0.05, 0.1) is 11.0 Å². The summed E-state index contributed by atoms with van der Waals surface area (Å²) in [5, 5.41) is 4.67. The first-order valence-electron chi connectivity index (χ1n) is 12.0. The predicted molar refractivity (Wildman–Crippen MR) is 145 cm³/mol. The Morgan fingerprint density at radius 2 is 1.40 bits per heavy atom. The highest BCUT2D eigenvalue weighted by atomic mass is 16.3. The fourth-order valence-electron chi connectivity index (χ4n) is 5.38. The smallest absolute Gasteiger partial charge is 0.160 e. The van der Waals surface area contributed by atoms with Gasteiger partial charge in [-0.1, -0.05) is 84.9 Å². The summed E-state index contributed by atoms with van der Waals surface area (Å²) in [4.78, 5) is 0. The molecule has 2 heterocycles. The summed E-state index contributed by atoms with van der Waals surface area (Å²) >= 11 is 0. The van der Waals surface area contributed by atoms with Crippen molar-refractivity contribution in [3.05, 3.63) is 126 Å². The first-order valence-corrected chi connectivity index (χ1v) is 12.0. The average molecular weight is 453 g/mol. The van der Waals surface area contributed by atoms with Gasteiger partial charge in [-0.3, -0.25) is 0 Å². The fraction of sp³-hybridized carbons (Fsp3) is 0.0625. The van der Waals surface area contributed by atoms with Crippen LogP contribution in [0.1, 0.15) is 17.2 Å². The summed E-state index contributed by atoms with van der Waals surface area (Å²) in [5.41, 5.74) is 14.2. The zero-order chi connectivity index (χ0) is 23.4. The summed E-state index contributed by atoms with van der Waals surface area (Å²) in [6.07, 6.45) is 0.797. The molecule has 0 aliphatic heterocycles. The monoisotopic (exact) mass is 452 g/mol. The van der Waals surface area contributed by atoms with Crippen molar-refractivity contribution in [1.29, 1.82) is 0 Å². The van der Waals surface area contributed by atoms with Crippen LogP contribution in [0, 0.1) is 0 Å². The van der Waals surface area contributed by atoms with Crippen LogP contribution in [0.25, 0.3) is 49.4 Å². The Morgan fingerprint density at radius 1 is 0.657 bits per heavy atom. The van der Waals surface area contributed by atoms with E-state index in [-0.39, 0.29) is 6.04 Å². The molecule has 0 fully saturated rings. The second-order valence-corrected chi connectivity index (χ2v) is 9.18. The number of nitrogens with zero attached hydrogens (tertiary/aromatic N) is 1. The van der Waals surface area contributed by atoms with E-state index in [4.69, 9.17) is 10.2 Å². The zero-order valence-corrected chi connectivity index (χ0v) is 19.2. The van der Waals surface area contributed by atoms with Gasteiger partial charge in [0, 0.05) is 33.3 Å². The minimum Gasteiger partial charge on any atom is -0.454 e. The highest BCUT2D eigenvalue weighted by molar-refractivity contribution is 6.21. The first-order chi connectivity index (χ1) is 17.3. The summed E-state index contributed by atoms with van der Waals surface area (Å²) in [6, 6.07) is 40.2. The van der Waals surface area contributed by atoms with Crippen molar-refractivity contribution in [3.8, 4) is 5.69 Å². The van der Waals surface area contributed by atoms with E-state index in [2.05, 4.69) is 102 Å². The number of aromatic nitrogens is 1. The molecule has 0 saturated heterocycles. The summed E-state index contributed by atoms with van der Waals surface area (Å²) in [6.45, 7) is 0. The zero-order valence-electron chi connectivity index (χ0n) is 19.2. The normalized spacial score (nSPS) is 12.7. The Bertz CT molecular complexity index is 1840. The van der Waals surface area contributed by atoms with E-state index in [1.165, 1.54) is 16.3 Å². The maximum absolute atomic E-state index is 6.69. The highest BCUT2D eigenvalue weighted by Crippen LogP contribution is 2.40. The standard InChI is InChI=1S/C32H24N2O/c33-28(19-21-9-2-1-3-10-21)22-11-8-12-23(20-22)34-29-15-6-4-13-24(29)26-17-18-27-25-14-5-7-16-30(25)35-32(27)31(26)34/h1-18,20,28H,19,33H2/t28-/m0/s1.